The molecule has 1 atom stereocenters. The Hall–Kier alpha value is -2.41. The third kappa shape index (κ3) is 3.19. The maximum absolute atomic E-state index is 13.4. The van der Waals surface area contributed by atoms with Crippen molar-refractivity contribution in [1.29, 1.82) is 0 Å². The molecular weight excluding hydrogens is 319 g/mol. The van der Waals surface area contributed by atoms with Crippen molar-refractivity contribution in [1.82, 2.24) is 4.90 Å². The highest BCUT2D eigenvalue weighted by molar-refractivity contribution is 7.99. The second-order valence-electron chi connectivity index (χ2n) is 5.08. The number of carbonyl (C=O) groups is 1. The summed E-state index contributed by atoms with van der Waals surface area (Å²) in [5, 5.41) is 10.6. The molecular formula is C16H13FN2O3S. The van der Waals surface area contributed by atoms with Gasteiger partial charge >= 0.3 is 0 Å². The number of non-ortho nitro benzene ring substituents is 1. The van der Waals surface area contributed by atoms with Crippen LogP contribution in [0.3, 0.4) is 0 Å². The lowest BCUT2D eigenvalue weighted by atomic mass is 10.1. The molecule has 1 aliphatic rings. The van der Waals surface area contributed by atoms with Crippen LogP contribution in [0.25, 0.3) is 0 Å². The van der Waals surface area contributed by atoms with Crippen molar-refractivity contribution < 1.29 is 14.1 Å². The number of amides is 1. The van der Waals surface area contributed by atoms with E-state index in [1.54, 1.807) is 34.9 Å². The molecule has 0 bridgehead atoms. The van der Waals surface area contributed by atoms with Crippen LogP contribution in [0.4, 0.5) is 10.1 Å². The van der Waals surface area contributed by atoms with Gasteiger partial charge in [-0.25, -0.2) is 4.39 Å². The highest BCUT2D eigenvalue weighted by Crippen LogP contribution is 2.39. The van der Waals surface area contributed by atoms with Gasteiger partial charge in [0.05, 0.1) is 4.92 Å². The van der Waals surface area contributed by atoms with Gasteiger partial charge in [-0.15, -0.1) is 11.8 Å². The van der Waals surface area contributed by atoms with Crippen LogP contribution < -0.4 is 0 Å². The molecule has 1 fully saturated rings. The van der Waals surface area contributed by atoms with E-state index in [1.165, 1.54) is 30.3 Å². The third-order valence-electron chi connectivity index (χ3n) is 3.59. The zero-order chi connectivity index (χ0) is 16.4. The molecule has 0 aromatic heterocycles. The monoisotopic (exact) mass is 332 g/mol. The molecule has 1 unspecified atom stereocenters. The molecule has 1 aliphatic heterocycles. The Balaban J connectivity index is 1.89. The predicted octanol–water partition coefficient (Wildman–Crippen LogP) is 3.62. The second kappa shape index (κ2) is 6.37. The van der Waals surface area contributed by atoms with Crippen molar-refractivity contribution in [2.45, 2.75) is 5.37 Å². The highest BCUT2D eigenvalue weighted by Gasteiger charge is 2.31. The summed E-state index contributed by atoms with van der Waals surface area (Å²) in [5.74, 6) is 0.104. The molecule has 0 saturated carbocycles. The van der Waals surface area contributed by atoms with Crippen molar-refractivity contribution in [2.75, 3.05) is 12.3 Å². The maximum Gasteiger partial charge on any atom is 0.270 e. The van der Waals surface area contributed by atoms with Crippen molar-refractivity contribution in [3.8, 4) is 0 Å². The largest absolute Gasteiger partial charge is 0.322 e. The molecule has 3 rings (SSSR count). The van der Waals surface area contributed by atoms with Gasteiger partial charge in [-0.1, -0.05) is 18.2 Å². The number of rotatable bonds is 3. The van der Waals surface area contributed by atoms with E-state index >= 15 is 0 Å². The van der Waals surface area contributed by atoms with Crippen LogP contribution in [0, 0.1) is 15.9 Å². The van der Waals surface area contributed by atoms with Crippen LogP contribution in [-0.4, -0.2) is 28.0 Å². The number of thioether (sulfide) groups is 1. The van der Waals surface area contributed by atoms with E-state index < -0.39 is 4.92 Å². The minimum atomic E-state index is -0.528. The Labute approximate surface area is 136 Å². The molecule has 23 heavy (non-hydrogen) atoms. The minimum Gasteiger partial charge on any atom is -0.322 e. The lowest BCUT2D eigenvalue weighted by Gasteiger charge is -2.24. The normalized spacial score (nSPS) is 17.3. The first-order valence-electron chi connectivity index (χ1n) is 6.99. The fraction of sp³-hybridized carbons (Fsp3) is 0.188. The average Bonchev–Trinajstić information content (AvgIpc) is 3.04. The van der Waals surface area contributed by atoms with Crippen molar-refractivity contribution >= 4 is 23.4 Å². The lowest BCUT2D eigenvalue weighted by Crippen LogP contribution is -2.30. The van der Waals surface area contributed by atoms with Crippen molar-refractivity contribution in [2.24, 2.45) is 0 Å². The van der Waals surface area contributed by atoms with Crippen LogP contribution >= 0.6 is 11.8 Å². The summed E-state index contributed by atoms with van der Waals surface area (Å²) in [6.07, 6.45) is 0. The number of nitro groups is 1. The van der Waals surface area contributed by atoms with Crippen LogP contribution in [0.1, 0.15) is 21.3 Å². The number of halogens is 1. The Morgan fingerprint density at radius 2 is 2.04 bits per heavy atom. The second-order valence-corrected chi connectivity index (χ2v) is 6.27. The third-order valence-corrected chi connectivity index (χ3v) is 4.85. The van der Waals surface area contributed by atoms with E-state index in [4.69, 9.17) is 0 Å². The summed E-state index contributed by atoms with van der Waals surface area (Å²) in [4.78, 5) is 24.6. The molecule has 0 aliphatic carbocycles. The number of nitrogens with zero attached hydrogens (tertiary/aromatic N) is 2. The minimum absolute atomic E-state index is 0.120. The zero-order valence-electron chi connectivity index (χ0n) is 12.0. The van der Waals surface area contributed by atoms with Crippen LogP contribution in [0.2, 0.25) is 0 Å². The molecule has 0 radical (unpaired) electrons. The summed E-state index contributed by atoms with van der Waals surface area (Å²) in [7, 11) is 0. The highest BCUT2D eigenvalue weighted by atomic mass is 32.2. The first-order chi connectivity index (χ1) is 11.1. The van der Waals surface area contributed by atoms with E-state index in [2.05, 4.69) is 0 Å². The molecule has 1 amide bonds. The van der Waals surface area contributed by atoms with Gasteiger partial charge in [0.2, 0.25) is 0 Å². The molecule has 0 N–H and O–H groups in total. The van der Waals surface area contributed by atoms with Crippen molar-refractivity contribution in [3.05, 3.63) is 75.6 Å². The van der Waals surface area contributed by atoms with E-state index in [-0.39, 0.29) is 28.3 Å². The van der Waals surface area contributed by atoms with Crippen LogP contribution in [0.15, 0.2) is 48.5 Å². The number of hydrogen-bond donors (Lipinski definition) is 0. The topological polar surface area (TPSA) is 63.4 Å². The molecule has 1 heterocycles. The van der Waals surface area contributed by atoms with E-state index in [9.17, 15) is 19.3 Å². The van der Waals surface area contributed by atoms with Gasteiger partial charge in [-0.05, 0) is 23.8 Å². The molecule has 2 aromatic rings. The molecule has 7 heteroatoms. The summed E-state index contributed by atoms with van der Waals surface area (Å²) in [6.45, 7) is 0.521. The van der Waals surface area contributed by atoms with E-state index in [0.29, 0.717) is 12.1 Å². The first-order valence-corrected chi connectivity index (χ1v) is 8.03. The maximum atomic E-state index is 13.4. The standard InChI is InChI=1S/C16H13FN2O3S/c17-13-5-1-4-12(9-13)16-18(7-8-23-16)15(20)11-3-2-6-14(10-11)19(21)22/h1-6,9-10,16H,7-8H2. The Kier molecular flexibility index (Phi) is 4.29. The Morgan fingerprint density at radius 1 is 1.26 bits per heavy atom. The van der Waals surface area contributed by atoms with Gasteiger partial charge in [0.15, 0.2) is 0 Å². The van der Waals surface area contributed by atoms with Gasteiger partial charge in [0, 0.05) is 30.0 Å². The van der Waals surface area contributed by atoms with Gasteiger partial charge in [-0.2, -0.15) is 0 Å². The molecule has 0 spiro atoms. The van der Waals surface area contributed by atoms with Gasteiger partial charge in [-0.3, -0.25) is 14.9 Å². The van der Waals surface area contributed by atoms with Crippen molar-refractivity contribution in [3.63, 3.8) is 0 Å². The quantitative estimate of drug-likeness (QED) is 0.636. The SMILES string of the molecule is O=C(c1cccc([N+](=O)[O-])c1)N1CCSC1c1cccc(F)c1. The molecule has 2 aromatic carbocycles. The summed E-state index contributed by atoms with van der Waals surface area (Å²) >= 11 is 1.55. The van der Waals surface area contributed by atoms with Crippen LogP contribution in [-0.2, 0) is 0 Å². The summed E-state index contributed by atoms with van der Waals surface area (Å²) in [6, 6.07) is 11.8. The average molecular weight is 332 g/mol. The molecule has 118 valence electrons. The van der Waals surface area contributed by atoms with Crippen LogP contribution in [0.5, 0.6) is 0 Å². The number of carbonyl (C=O) groups excluding carboxylic acids is 1. The smallest absolute Gasteiger partial charge is 0.270 e. The van der Waals surface area contributed by atoms with Gasteiger partial charge < -0.3 is 4.90 Å². The predicted molar refractivity (Wildman–Crippen MR) is 85.7 cm³/mol. The molecule has 1 saturated heterocycles. The fourth-order valence-corrected chi connectivity index (χ4v) is 3.78. The van der Waals surface area contributed by atoms with E-state index in [1.807, 2.05) is 0 Å². The van der Waals surface area contributed by atoms with E-state index in [0.717, 1.165) is 5.75 Å². The number of hydrogen-bond acceptors (Lipinski definition) is 4. The lowest BCUT2D eigenvalue weighted by molar-refractivity contribution is -0.384. The van der Waals surface area contributed by atoms with Gasteiger partial charge in [0.1, 0.15) is 11.2 Å². The Morgan fingerprint density at radius 3 is 2.78 bits per heavy atom. The summed E-state index contributed by atoms with van der Waals surface area (Å²) < 4.78 is 13.4. The number of nitro benzene ring substituents is 1. The van der Waals surface area contributed by atoms with Gasteiger partial charge in [0.25, 0.3) is 11.6 Å². The Bertz CT molecular complexity index is 768. The zero-order valence-corrected chi connectivity index (χ0v) is 12.8. The first kappa shape index (κ1) is 15.5. The summed E-state index contributed by atoms with van der Waals surface area (Å²) in [5.41, 5.74) is 0.861. The number of benzene rings is 2. The fourth-order valence-electron chi connectivity index (χ4n) is 2.53. The molecule has 5 nitrogen and oxygen atoms in total.